The molecule has 1 aliphatic rings. The first kappa shape index (κ1) is 16.6. The van der Waals surface area contributed by atoms with Crippen LogP contribution in [0.25, 0.3) is 0 Å². The molecule has 8 heteroatoms. The highest BCUT2D eigenvalue weighted by Crippen LogP contribution is 2.32. The van der Waals surface area contributed by atoms with Gasteiger partial charge in [0.1, 0.15) is 11.9 Å². The van der Waals surface area contributed by atoms with E-state index in [1.54, 1.807) is 12.5 Å². The Hall–Kier alpha value is -2.22. The smallest absolute Gasteiger partial charge is 0.325 e. The van der Waals surface area contributed by atoms with Gasteiger partial charge in [-0.1, -0.05) is 15.9 Å². The van der Waals surface area contributed by atoms with Crippen LogP contribution in [0.1, 0.15) is 23.7 Å². The van der Waals surface area contributed by atoms with Gasteiger partial charge in [-0.25, -0.2) is 14.2 Å². The highest BCUT2D eigenvalue weighted by molar-refractivity contribution is 9.10. The minimum absolute atomic E-state index is 0.378. The summed E-state index contributed by atoms with van der Waals surface area (Å²) in [7, 11) is 0. The van der Waals surface area contributed by atoms with Gasteiger partial charge in [-0.2, -0.15) is 0 Å². The molecule has 0 spiro atoms. The van der Waals surface area contributed by atoms with Crippen LogP contribution in [-0.4, -0.2) is 32.9 Å². The Bertz CT molecular complexity index is 792. The average molecular weight is 395 g/mol. The molecule has 1 fully saturated rings. The molecule has 6 nitrogen and oxygen atoms in total. The van der Waals surface area contributed by atoms with E-state index in [1.807, 2.05) is 11.5 Å². The number of carbonyl (C=O) groups excluding carboxylic acids is 2. The van der Waals surface area contributed by atoms with Crippen LogP contribution in [0.15, 0.2) is 35.2 Å². The highest BCUT2D eigenvalue weighted by Gasteiger charge is 2.40. The van der Waals surface area contributed by atoms with Gasteiger partial charge in [0.05, 0.1) is 6.33 Å². The van der Waals surface area contributed by atoms with Crippen molar-refractivity contribution < 1.29 is 14.0 Å². The number of urea groups is 1. The van der Waals surface area contributed by atoms with E-state index in [1.165, 1.54) is 23.1 Å². The largest absolute Gasteiger partial charge is 0.335 e. The van der Waals surface area contributed by atoms with Gasteiger partial charge < -0.3 is 9.47 Å². The summed E-state index contributed by atoms with van der Waals surface area (Å²) < 4.78 is 16.1. The lowest BCUT2D eigenvalue weighted by Gasteiger charge is -2.23. The van der Waals surface area contributed by atoms with Gasteiger partial charge in [0.2, 0.25) is 0 Å². The standard InChI is InChI=1S/C16H16BrFN4O2/c1-10-8-19-9-21(10)5-2-6-22-14(15(23)20-16(22)24)12-7-11(18)3-4-13(12)17/h3-4,7-9,14H,2,5-6H2,1H3,(H,20,23,24). The molecule has 2 aromatic rings. The van der Waals surface area contributed by atoms with Crippen molar-refractivity contribution in [2.75, 3.05) is 6.54 Å². The van der Waals surface area contributed by atoms with E-state index in [9.17, 15) is 14.0 Å². The summed E-state index contributed by atoms with van der Waals surface area (Å²) in [6.07, 6.45) is 4.14. The Morgan fingerprint density at radius 1 is 1.33 bits per heavy atom. The van der Waals surface area contributed by atoms with E-state index in [0.29, 0.717) is 29.5 Å². The van der Waals surface area contributed by atoms with Crippen LogP contribution < -0.4 is 5.32 Å². The minimum Gasteiger partial charge on any atom is -0.335 e. The molecule has 1 atom stereocenters. The van der Waals surface area contributed by atoms with Crippen molar-refractivity contribution >= 4 is 27.9 Å². The second-order valence-electron chi connectivity index (χ2n) is 5.64. The number of benzene rings is 1. The molecule has 0 saturated carbocycles. The lowest BCUT2D eigenvalue weighted by molar-refractivity contribution is -0.121. The Balaban J connectivity index is 1.77. The van der Waals surface area contributed by atoms with Gasteiger partial charge in [-0.15, -0.1) is 0 Å². The number of hydrogen-bond donors (Lipinski definition) is 1. The predicted molar refractivity (Wildman–Crippen MR) is 88.7 cm³/mol. The molecule has 24 heavy (non-hydrogen) atoms. The molecular weight excluding hydrogens is 379 g/mol. The number of aromatic nitrogens is 2. The van der Waals surface area contributed by atoms with E-state index in [-0.39, 0.29) is 0 Å². The number of rotatable bonds is 5. The van der Waals surface area contributed by atoms with Crippen molar-refractivity contribution in [3.05, 3.63) is 52.3 Å². The summed E-state index contributed by atoms with van der Waals surface area (Å²) in [5.41, 5.74) is 1.47. The Labute approximate surface area is 146 Å². The van der Waals surface area contributed by atoms with Crippen molar-refractivity contribution in [3.63, 3.8) is 0 Å². The molecule has 3 rings (SSSR count). The quantitative estimate of drug-likeness (QED) is 0.792. The summed E-state index contributed by atoms with van der Waals surface area (Å²) in [5, 5.41) is 2.30. The average Bonchev–Trinajstić information content (AvgIpc) is 3.06. The maximum atomic E-state index is 13.6. The number of carbonyl (C=O) groups is 2. The number of halogens is 2. The zero-order valence-electron chi connectivity index (χ0n) is 13.0. The maximum Gasteiger partial charge on any atom is 0.325 e. The molecular formula is C16H16BrFN4O2. The van der Waals surface area contributed by atoms with E-state index < -0.39 is 23.8 Å². The van der Waals surface area contributed by atoms with Crippen molar-refractivity contribution in [1.29, 1.82) is 0 Å². The maximum absolute atomic E-state index is 13.6. The molecule has 1 aromatic carbocycles. The molecule has 3 amide bonds. The van der Waals surface area contributed by atoms with E-state index in [0.717, 1.165) is 5.69 Å². The fourth-order valence-corrected chi connectivity index (χ4v) is 3.26. The van der Waals surface area contributed by atoms with Crippen LogP contribution in [0.2, 0.25) is 0 Å². The number of imide groups is 1. The number of nitrogens with zero attached hydrogens (tertiary/aromatic N) is 3. The topological polar surface area (TPSA) is 67.2 Å². The lowest BCUT2D eigenvalue weighted by Crippen LogP contribution is -2.31. The molecule has 1 saturated heterocycles. The predicted octanol–water partition coefficient (Wildman–Crippen LogP) is 2.78. The molecule has 0 bridgehead atoms. The minimum atomic E-state index is -0.827. The van der Waals surface area contributed by atoms with E-state index >= 15 is 0 Å². The summed E-state index contributed by atoms with van der Waals surface area (Å²) in [6, 6.07) is 2.83. The van der Waals surface area contributed by atoms with Gasteiger partial charge in [0.25, 0.3) is 5.91 Å². The van der Waals surface area contributed by atoms with E-state index in [2.05, 4.69) is 26.2 Å². The second-order valence-corrected chi connectivity index (χ2v) is 6.49. The zero-order valence-corrected chi connectivity index (χ0v) is 14.6. The molecule has 2 heterocycles. The molecule has 0 radical (unpaired) electrons. The van der Waals surface area contributed by atoms with Crippen molar-refractivity contribution in [2.45, 2.75) is 25.9 Å². The fourth-order valence-electron chi connectivity index (χ4n) is 2.80. The van der Waals surface area contributed by atoms with Crippen LogP contribution in [-0.2, 0) is 11.3 Å². The molecule has 1 aliphatic heterocycles. The monoisotopic (exact) mass is 394 g/mol. The zero-order chi connectivity index (χ0) is 17.3. The van der Waals surface area contributed by atoms with E-state index in [4.69, 9.17) is 0 Å². The van der Waals surface area contributed by atoms with Crippen molar-refractivity contribution in [1.82, 2.24) is 19.8 Å². The molecule has 1 unspecified atom stereocenters. The lowest BCUT2D eigenvalue weighted by atomic mass is 10.1. The van der Waals surface area contributed by atoms with Gasteiger partial charge in [0.15, 0.2) is 0 Å². The molecule has 1 N–H and O–H groups in total. The number of hydrogen-bond acceptors (Lipinski definition) is 3. The number of nitrogens with one attached hydrogen (secondary N) is 1. The van der Waals surface area contributed by atoms with Crippen molar-refractivity contribution in [2.24, 2.45) is 0 Å². The second kappa shape index (κ2) is 6.72. The van der Waals surface area contributed by atoms with Crippen LogP contribution >= 0.6 is 15.9 Å². The molecule has 0 aliphatic carbocycles. The third kappa shape index (κ3) is 3.19. The fraction of sp³-hybridized carbons (Fsp3) is 0.312. The third-order valence-corrected chi connectivity index (χ3v) is 4.74. The molecule has 126 valence electrons. The Morgan fingerprint density at radius 2 is 2.12 bits per heavy atom. The first-order valence-corrected chi connectivity index (χ1v) is 8.30. The number of imidazole rings is 1. The van der Waals surface area contributed by atoms with Gasteiger partial charge in [-0.05, 0) is 31.5 Å². The van der Waals surface area contributed by atoms with Crippen molar-refractivity contribution in [3.8, 4) is 0 Å². The molecule has 1 aromatic heterocycles. The Kier molecular flexibility index (Phi) is 4.66. The van der Waals surface area contributed by atoms with Gasteiger partial charge in [-0.3, -0.25) is 10.1 Å². The number of amides is 3. The number of aryl methyl sites for hydroxylation is 2. The Morgan fingerprint density at radius 3 is 2.83 bits per heavy atom. The normalized spacial score (nSPS) is 17.5. The van der Waals surface area contributed by atoms with Gasteiger partial charge >= 0.3 is 6.03 Å². The highest BCUT2D eigenvalue weighted by atomic mass is 79.9. The summed E-state index contributed by atoms with van der Waals surface area (Å²) in [6.45, 7) is 3.01. The first-order valence-electron chi connectivity index (χ1n) is 7.50. The SMILES string of the molecule is Cc1cncn1CCCN1C(=O)NC(=O)C1c1cc(F)ccc1Br. The van der Waals surface area contributed by atoms with Crippen LogP contribution in [0.4, 0.5) is 9.18 Å². The first-order chi connectivity index (χ1) is 11.5. The third-order valence-electron chi connectivity index (χ3n) is 4.02. The van der Waals surface area contributed by atoms with Crippen LogP contribution in [0.5, 0.6) is 0 Å². The summed E-state index contributed by atoms with van der Waals surface area (Å²) in [5.74, 6) is -0.889. The van der Waals surface area contributed by atoms with Crippen LogP contribution in [0, 0.1) is 12.7 Å². The summed E-state index contributed by atoms with van der Waals surface area (Å²) in [4.78, 5) is 29.8. The van der Waals surface area contributed by atoms with Gasteiger partial charge in [0, 0.05) is 35.0 Å². The van der Waals surface area contributed by atoms with Crippen LogP contribution in [0.3, 0.4) is 0 Å². The summed E-state index contributed by atoms with van der Waals surface area (Å²) >= 11 is 3.33.